The quantitative estimate of drug-likeness (QED) is 0.862. The first-order chi connectivity index (χ1) is 8.20. The number of benzene rings is 1. The van der Waals surface area contributed by atoms with Crippen molar-refractivity contribution in [3.63, 3.8) is 0 Å². The van der Waals surface area contributed by atoms with Crippen LogP contribution in [0.2, 0.25) is 0 Å². The van der Waals surface area contributed by atoms with Gasteiger partial charge >= 0.3 is 0 Å². The van der Waals surface area contributed by atoms with Crippen molar-refractivity contribution in [2.24, 2.45) is 0 Å². The lowest BCUT2D eigenvalue weighted by atomic mass is 9.99. The number of likely N-dealkylation sites (N-methyl/N-ethyl adjacent to an activating group) is 1. The van der Waals surface area contributed by atoms with Crippen LogP contribution in [-0.2, 0) is 6.42 Å². The van der Waals surface area contributed by atoms with Gasteiger partial charge in [0.25, 0.3) is 0 Å². The number of hydrogen-bond donors (Lipinski definition) is 1. The first-order valence-electron chi connectivity index (χ1n) is 5.99. The molecule has 2 rings (SSSR count). The monoisotopic (exact) mass is 245 g/mol. The average Bonchev–Trinajstić information content (AvgIpc) is 2.67. The SMILES string of the molecule is CNC(Cc1ccccc1)c1cc(C)sc1C. The van der Waals surface area contributed by atoms with E-state index in [1.807, 2.05) is 18.4 Å². The van der Waals surface area contributed by atoms with Crippen molar-refractivity contribution in [1.82, 2.24) is 5.32 Å². The van der Waals surface area contributed by atoms with Crippen molar-refractivity contribution >= 4 is 11.3 Å². The highest BCUT2D eigenvalue weighted by atomic mass is 32.1. The number of aryl methyl sites for hydroxylation is 2. The zero-order chi connectivity index (χ0) is 12.3. The molecule has 1 aromatic carbocycles. The molecule has 17 heavy (non-hydrogen) atoms. The van der Waals surface area contributed by atoms with Crippen LogP contribution in [0.15, 0.2) is 36.4 Å². The van der Waals surface area contributed by atoms with Gasteiger partial charge in [-0.1, -0.05) is 30.3 Å². The molecule has 0 spiro atoms. The molecule has 0 saturated heterocycles. The fraction of sp³-hybridized carbons (Fsp3) is 0.333. The Hall–Kier alpha value is -1.12. The molecule has 0 aliphatic carbocycles. The summed E-state index contributed by atoms with van der Waals surface area (Å²) in [6, 6.07) is 13.4. The fourth-order valence-electron chi connectivity index (χ4n) is 2.21. The summed E-state index contributed by atoms with van der Waals surface area (Å²) in [4.78, 5) is 2.82. The van der Waals surface area contributed by atoms with E-state index in [0.29, 0.717) is 6.04 Å². The van der Waals surface area contributed by atoms with Gasteiger partial charge in [0.2, 0.25) is 0 Å². The number of hydrogen-bond acceptors (Lipinski definition) is 2. The van der Waals surface area contributed by atoms with Gasteiger partial charge < -0.3 is 5.32 Å². The molecule has 1 nitrogen and oxygen atoms in total. The number of nitrogens with one attached hydrogen (secondary N) is 1. The van der Waals surface area contributed by atoms with E-state index >= 15 is 0 Å². The molecule has 0 bridgehead atoms. The average molecular weight is 245 g/mol. The lowest BCUT2D eigenvalue weighted by Gasteiger charge is -2.16. The minimum atomic E-state index is 0.419. The zero-order valence-corrected chi connectivity index (χ0v) is 11.5. The van der Waals surface area contributed by atoms with Gasteiger partial charge in [-0.25, -0.2) is 0 Å². The Bertz CT molecular complexity index is 473. The molecule has 0 saturated carbocycles. The Morgan fingerprint density at radius 3 is 2.41 bits per heavy atom. The van der Waals surface area contributed by atoms with Gasteiger partial charge in [0, 0.05) is 15.8 Å². The number of thiophene rings is 1. The van der Waals surface area contributed by atoms with E-state index in [2.05, 4.69) is 55.6 Å². The van der Waals surface area contributed by atoms with Gasteiger partial charge in [-0.05, 0) is 44.5 Å². The minimum Gasteiger partial charge on any atom is -0.313 e. The molecule has 0 fully saturated rings. The maximum atomic E-state index is 3.43. The van der Waals surface area contributed by atoms with Crippen LogP contribution in [0.5, 0.6) is 0 Å². The molecule has 1 heterocycles. The first-order valence-corrected chi connectivity index (χ1v) is 6.80. The van der Waals surface area contributed by atoms with E-state index in [0.717, 1.165) is 6.42 Å². The molecule has 1 atom stereocenters. The fourth-order valence-corrected chi connectivity index (χ4v) is 3.20. The van der Waals surface area contributed by atoms with Crippen molar-refractivity contribution in [3.8, 4) is 0 Å². The van der Waals surface area contributed by atoms with Gasteiger partial charge in [-0.2, -0.15) is 0 Å². The van der Waals surface area contributed by atoms with E-state index in [1.54, 1.807) is 0 Å². The molecule has 0 aliphatic rings. The van der Waals surface area contributed by atoms with Crippen LogP contribution in [0, 0.1) is 13.8 Å². The first kappa shape index (κ1) is 12.3. The Morgan fingerprint density at radius 2 is 1.88 bits per heavy atom. The highest BCUT2D eigenvalue weighted by Crippen LogP contribution is 2.28. The second-order valence-electron chi connectivity index (χ2n) is 4.40. The summed E-state index contributed by atoms with van der Waals surface area (Å²) in [5.41, 5.74) is 2.83. The molecule has 90 valence electrons. The van der Waals surface area contributed by atoms with E-state index in [4.69, 9.17) is 0 Å². The van der Waals surface area contributed by atoms with Crippen molar-refractivity contribution in [3.05, 3.63) is 57.3 Å². The molecular formula is C15H19NS. The Morgan fingerprint density at radius 1 is 1.18 bits per heavy atom. The third-order valence-electron chi connectivity index (χ3n) is 3.09. The zero-order valence-electron chi connectivity index (χ0n) is 10.7. The molecule has 0 radical (unpaired) electrons. The maximum Gasteiger partial charge on any atom is 0.0369 e. The Balaban J connectivity index is 2.20. The molecule has 1 aromatic heterocycles. The van der Waals surface area contributed by atoms with Crippen LogP contribution in [0.3, 0.4) is 0 Å². The van der Waals surface area contributed by atoms with Crippen molar-refractivity contribution < 1.29 is 0 Å². The summed E-state index contributed by atoms with van der Waals surface area (Å²) in [7, 11) is 2.04. The summed E-state index contributed by atoms with van der Waals surface area (Å²) in [6.45, 7) is 4.39. The Labute approximate surface area is 108 Å². The van der Waals surface area contributed by atoms with Crippen LogP contribution < -0.4 is 5.32 Å². The van der Waals surface area contributed by atoms with Crippen LogP contribution in [0.25, 0.3) is 0 Å². The number of rotatable bonds is 4. The third-order valence-corrected chi connectivity index (χ3v) is 4.07. The summed E-state index contributed by atoms with van der Waals surface area (Å²) < 4.78 is 0. The van der Waals surface area contributed by atoms with Gasteiger partial charge in [-0.3, -0.25) is 0 Å². The lowest BCUT2D eigenvalue weighted by Crippen LogP contribution is -2.18. The van der Waals surface area contributed by atoms with E-state index in [9.17, 15) is 0 Å². The van der Waals surface area contributed by atoms with Crippen molar-refractivity contribution in [2.75, 3.05) is 7.05 Å². The summed E-state index contributed by atoms with van der Waals surface area (Å²) in [6.07, 6.45) is 1.05. The topological polar surface area (TPSA) is 12.0 Å². The summed E-state index contributed by atoms with van der Waals surface area (Å²) in [5, 5.41) is 3.43. The molecule has 2 heteroatoms. The molecule has 0 aliphatic heterocycles. The third kappa shape index (κ3) is 2.96. The van der Waals surface area contributed by atoms with Crippen LogP contribution >= 0.6 is 11.3 Å². The lowest BCUT2D eigenvalue weighted by molar-refractivity contribution is 0.591. The predicted octanol–water partition coefficient (Wildman–Crippen LogP) is 3.87. The van der Waals surface area contributed by atoms with E-state index in [1.165, 1.54) is 20.9 Å². The highest BCUT2D eigenvalue weighted by molar-refractivity contribution is 7.12. The van der Waals surface area contributed by atoms with Crippen LogP contribution in [-0.4, -0.2) is 7.05 Å². The van der Waals surface area contributed by atoms with Gasteiger partial charge in [0.15, 0.2) is 0 Å². The van der Waals surface area contributed by atoms with Gasteiger partial charge in [-0.15, -0.1) is 11.3 Å². The maximum absolute atomic E-state index is 3.43. The predicted molar refractivity (Wildman–Crippen MR) is 75.7 cm³/mol. The largest absolute Gasteiger partial charge is 0.313 e. The summed E-state index contributed by atoms with van der Waals surface area (Å²) >= 11 is 1.88. The normalized spacial score (nSPS) is 12.6. The molecule has 1 unspecified atom stereocenters. The minimum absolute atomic E-state index is 0.419. The van der Waals surface area contributed by atoms with Gasteiger partial charge in [0.1, 0.15) is 0 Å². The molecule has 1 N–H and O–H groups in total. The van der Waals surface area contributed by atoms with Crippen LogP contribution in [0.1, 0.15) is 26.9 Å². The molecule has 0 amide bonds. The smallest absolute Gasteiger partial charge is 0.0369 e. The van der Waals surface area contributed by atoms with Crippen LogP contribution in [0.4, 0.5) is 0 Å². The van der Waals surface area contributed by atoms with Crippen molar-refractivity contribution in [2.45, 2.75) is 26.3 Å². The second-order valence-corrected chi connectivity index (χ2v) is 5.86. The second kappa shape index (κ2) is 5.48. The molecule has 2 aromatic rings. The van der Waals surface area contributed by atoms with Crippen molar-refractivity contribution in [1.29, 1.82) is 0 Å². The highest BCUT2D eigenvalue weighted by Gasteiger charge is 2.14. The van der Waals surface area contributed by atoms with E-state index < -0.39 is 0 Å². The standard InChI is InChI=1S/C15H19NS/c1-11-9-14(12(2)17-11)15(16-3)10-13-7-5-4-6-8-13/h4-9,15-16H,10H2,1-3H3. The molecular weight excluding hydrogens is 226 g/mol. The Kier molecular flexibility index (Phi) is 3.97. The van der Waals surface area contributed by atoms with Gasteiger partial charge in [0.05, 0.1) is 0 Å². The summed E-state index contributed by atoms with van der Waals surface area (Å²) in [5.74, 6) is 0. The van der Waals surface area contributed by atoms with E-state index in [-0.39, 0.29) is 0 Å².